The average molecular weight is 578 g/mol. The standard InChI is InChI=1S/C38H43NO4/c1-4-15-35(39-26-30-16-9-6-10-17-30)37(42-29-33-22-24-34(40-3)25-23-33)38(43-28-32-20-13-8-14-21-32)36(5-2)41-27-31-18-11-7-12-19-31/h4-14,16-25,35-39H,1-2,15,26-29H2,3H3/t35-,36+,37-,38-/m0/s1. The third-order valence-corrected chi connectivity index (χ3v) is 7.28. The molecule has 5 nitrogen and oxygen atoms in total. The molecule has 0 fully saturated rings. The highest BCUT2D eigenvalue weighted by Crippen LogP contribution is 2.24. The highest BCUT2D eigenvalue weighted by molar-refractivity contribution is 5.26. The molecule has 0 aliphatic rings. The zero-order valence-electron chi connectivity index (χ0n) is 25.0. The molecule has 0 bridgehead atoms. The van der Waals surface area contributed by atoms with Crippen molar-refractivity contribution in [2.75, 3.05) is 7.11 Å². The molecule has 0 aromatic heterocycles. The van der Waals surface area contributed by atoms with Gasteiger partial charge in [-0.05, 0) is 40.8 Å². The van der Waals surface area contributed by atoms with Crippen LogP contribution in [0.3, 0.4) is 0 Å². The molecule has 0 spiro atoms. The van der Waals surface area contributed by atoms with Gasteiger partial charge >= 0.3 is 0 Å². The Labute approximate surface area is 256 Å². The molecule has 0 saturated carbocycles. The lowest BCUT2D eigenvalue weighted by Gasteiger charge is -2.37. The van der Waals surface area contributed by atoms with E-state index in [0.717, 1.165) is 22.4 Å². The number of benzene rings is 4. The van der Waals surface area contributed by atoms with Gasteiger partial charge in [0.25, 0.3) is 0 Å². The Balaban J connectivity index is 1.63. The largest absolute Gasteiger partial charge is 0.497 e. The summed E-state index contributed by atoms with van der Waals surface area (Å²) in [5, 5.41) is 3.74. The second-order valence-corrected chi connectivity index (χ2v) is 10.4. The quantitative estimate of drug-likeness (QED) is 0.116. The Bertz CT molecular complexity index is 1330. The number of hydrogen-bond donors (Lipinski definition) is 1. The lowest BCUT2D eigenvalue weighted by atomic mass is 9.96. The first-order valence-corrected chi connectivity index (χ1v) is 14.8. The zero-order valence-corrected chi connectivity index (χ0v) is 25.0. The summed E-state index contributed by atoms with van der Waals surface area (Å²) in [6.07, 6.45) is 3.13. The fraction of sp³-hybridized carbons (Fsp3) is 0.263. The first-order valence-electron chi connectivity index (χ1n) is 14.8. The number of ether oxygens (including phenoxy) is 4. The monoisotopic (exact) mass is 577 g/mol. The van der Waals surface area contributed by atoms with E-state index in [-0.39, 0.29) is 6.04 Å². The summed E-state index contributed by atoms with van der Waals surface area (Å²) >= 11 is 0. The van der Waals surface area contributed by atoms with Gasteiger partial charge < -0.3 is 24.3 Å². The van der Waals surface area contributed by atoms with Crippen molar-refractivity contribution in [3.05, 3.63) is 163 Å². The van der Waals surface area contributed by atoms with Gasteiger partial charge in [-0.3, -0.25) is 0 Å². The van der Waals surface area contributed by atoms with Crippen LogP contribution in [0.5, 0.6) is 5.75 Å². The molecule has 0 radical (unpaired) electrons. The normalized spacial score (nSPS) is 13.9. The van der Waals surface area contributed by atoms with E-state index in [9.17, 15) is 0 Å². The minimum Gasteiger partial charge on any atom is -0.497 e. The van der Waals surface area contributed by atoms with E-state index in [2.05, 4.69) is 54.9 Å². The third-order valence-electron chi connectivity index (χ3n) is 7.28. The lowest BCUT2D eigenvalue weighted by molar-refractivity contribution is -0.147. The van der Waals surface area contributed by atoms with Crippen molar-refractivity contribution in [2.24, 2.45) is 0 Å². The van der Waals surface area contributed by atoms with Crippen LogP contribution in [0, 0.1) is 0 Å². The van der Waals surface area contributed by atoms with Gasteiger partial charge in [0.2, 0.25) is 0 Å². The highest BCUT2D eigenvalue weighted by atomic mass is 16.6. The van der Waals surface area contributed by atoms with Crippen molar-refractivity contribution < 1.29 is 18.9 Å². The molecule has 4 aromatic rings. The summed E-state index contributed by atoms with van der Waals surface area (Å²) in [5.74, 6) is 0.805. The van der Waals surface area contributed by atoms with Crippen LogP contribution in [0.25, 0.3) is 0 Å². The smallest absolute Gasteiger partial charge is 0.118 e. The van der Waals surface area contributed by atoms with E-state index >= 15 is 0 Å². The minimum absolute atomic E-state index is 0.112. The summed E-state index contributed by atoms with van der Waals surface area (Å²) in [5.41, 5.74) is 4.38. The van der Waals surface area contributed by atoms with Crippen molar-refractivity contribution in [1.29, 1.82) is 0 Å². The van der Waals surface area contributed by atoms with E-state index in [1.165, 1.54) is 5.56 Å². The number of rotatable bonds is 19. The molecule has 0 amide bonds. The summed E-state index contributed by atoms with van der Waals surface area (Å²) in [6, 6.07) is 38.5. The molecule has 0 saturated heterocycles. The SMILES string of the molecule is C=CC[C@H](NCc1ccccc1)[C@H](OCc1ccc(OC)cc1)[C@@H](OCc1ccccc1)[C@@H](C=C)OCc1ccccc1. The highest BCUT2D eigenvalue weighted by Gasteiger charge is 2.36. The Morgan fingerprint density at radius 2 is 1.09 bits per heavy atom. The lowest BCUT2D eigenvalue weighted by Crippen LogP contribution is -2.52. The van der Waals surface area contributed by atoms with Crippen LogP contribution in [-0.4, -0.2) is 31.5 Å². The van der Waals surface area contributed by atoms with Gasteiger partial charge in [-0.2, -0.15) is 0 Å². The maximum absolute atomic E-state index is 6.79. The van der Waals surface area contributed by atoms with Crippen LogP contribution in [-0.2, 0) is 40.6 Å². The summed E-state index contributed by atoms with van der Waals surface area (Å²) < 4.78 is 25.3. The Hall–Kier alpha value is -4.00. The molecule has 4 aromatic carbocycles. The second-order valence-electron chi connectivity index (χ2n) is 10.4. The van der Waals surface area contributed by atoms with Gasteiger partial charge in [0.1, 0.15) is 24.1 Å². The van der Waals surface area contributed by atoms with Crippen molar-refractivity contribution >= 4 is 0 Å². The number of methoxy groups -OCH3 is 1. The Morgan fingerprint density at radius 3 is 1.60 bits per heavy atom. The van der Waals surface area contributed by atoms with Crippen molar-refractivity contribution in [1.82, 2.24) is 5.32 Å². The van der Waals surface area contributed by atoms with Crippen LogP contribution >= 0.6 is 0 Å². The van der Waals surface area contributed by atoms with E-state index in [0.29, 0.717) is 32.8 Å². The molecule has 0 aliphatic heterocycles. The zero-order chi connectivity index (χ0) is 30.1. The molecule has 0 heterocycles. The molecule has 4 atom stereocenters. The van der Waals surface area contributed by atoms with Crippen LogP contribution in [0.1, 0.15) is 28.7 Å². The first-order chi connectivity index (χ1) is 21.2. The maximum atomic E-state index is 6.79. The molecule has 43 heavy (non-hydrogen) atoms. The Kier molecular flexibility index (Phi) is 13.2. The first kappa shape index (κ1) is 31.9. The fourth-order valence-electron chi connectivity index (χ4n) is 4.92. The van der Waals surface area contributed by atoms with Gasteiger partial charge in [0.05, 0.1) is 26.9 Å². The molecule has 1 N–H and O–H groups in total. The average Bonchev–Trinajstić information content (AvgIpc) is 3.07. The van der Waals surface area contributed by atoms with Crippen molar-refractivity contribution in [3.8, 4) is 5.75 Å². The van der Waals surface area contributed by atoms with Gasteiger partial charge in [-0.1, -0.05) is 115 Å². The predicted octanol–water partition coefficient (Wildman–Crippen LogP) is 7.67. The van der Waals surface area contributed by atoms with Gasteiger partial charge in [0.15, 0.2) is 0 Å². The summed E-state index contributed by atoms with van der Waals surface area (Å²) in [4.78, 5) is 0. The molecule has 4 rings (SSSR count). The van der Waals surface area contributed by atoms with E-state index in [4.69, 9.17) is 18.9 Å². The fourth-order valence-corrected chi connectivity index (χ4v) is 4.92. The second kappa shape index (κ2) is 17.8. The summed E-state index contributed by atoms with van der Waals surface area (Å²) in [6.45, 7) is 10.1. The van der Waals surface area contributed by atoms with Crippen LogP contribution in [0.2, 0.25) is 0 Å². The molecule has 5 heteroatoms. The van der Waals surface area contributed by atoms with Gasteiger partial charge in [-0.15, -0.1) is 13.2 Å². The molecular formula is C38H43NO4. The minimum atomic E-state index is -0.465. The van der Waals surface area contributed by atoms with Crippen LogP contribution < -0.4 is 10.1 Å². The Morgan fingerprint density at radius 1 is 0.605 bits per heavy atom. The molecule has 0 unspecified atom stereocenters. The van der Waals surface area contributed by atoms with Crippen molar-refractivity contribution in [2.45, 2.75) is 57.1 Å². The number of nitrogens with one attached hydrogen (secondary N) is 1. The number of hydrogen-bond acceptors (Lipinski definition) is 5. The van der Waals surface area contributed by atoms with E-state index in [1.54, 1.807) is 7.11 Å². The van der Waals surface area contributed by atoms with E-state index in [1.807, 2.05) is 91.0 Å². The molecule has 224 valence electrons. The summed E-state index contributed by atoms with van der Waals surface area (Å²) in [7, 11) is 1.67. The van der Waals surface area contributed by atoms with Crippen LogP contribution in [0.4, 0.5) is 0 Å². The van der Waals surface area contributed by atoms with Crippen molar-refractivity contribution in [3.63, 3.8) is 0 Å². The topological polar surface area (TPSA) is 49.0 Å². The molecule has 0 aliphatic carbocycles. The maximum Gasteiger partial charge on any atom is 0.118 e. The van der Waals surface area contributed by atoms with E-state index < -0.39 is 18.3 Å². The molecular weight excluding hydrogens is 534 g/mol. The van der Waals surface area contributed by atoms with Crippen LogP contribution in [0.15, 0.2) is 141 Å². The third kappa shape index (κ3) is 10.3. The van der Waals surface area contributed by atoms with Gasteiger partial charge in [-0.25, -0.2) is 0 Å². The predicted molar refractivity (Wildman–Crippen MR) is 174 cm³/mol. The van der Waals surface area contributed by atoms with Gasteiger partial charge in [0, 0.05) is 12.6 Å².